The van der Waals surface area contributed by atoms with Crippen LogP contribution in [0.25, 0.3) is 0 Å². The van der Waals surface area contributed by atoms with Gasteiger partial charge >= 0.3 is 0 Å². The molecule has 7 heteroatoms. The van der Waals surface area contributed by atoms with Crippen molar-refractivity contribution in [3.8, 4) is 0 Å². The quantitative estimate of drug-likeness (QED) is 0.476. The number of hydrogen-bond donors (Lipinski definition) is 1. The van der Waals surface area contributed by atoms with Crippen LogP contribution in [0.2, 0.25) is 0 Å². The molecule has 2 aliphatic rings. The Balaban J connectivity index is 1.39. The van der Waals surface area contributed by atoms with E-state index >= 15 is 0 Å². The van der Waals surface area contributed by atoms with Crippen LogP contribution in [0.5, 0.6) is 0 Å². The fourth-order valence-electron chi connectivity index (χ4n) is 3.77. The molecule has 4 rings (SSSR count). The molecule has 1 aliphatic carbocycles. The zero-order chi connectivity index (χ0) is 21.6. The van der Waals surface area contributed by atoms with Crippen LogP contribution in [-0.4, -0.2) is 60.0 Å². The van der Waals surface area contributed by atoms with Gasteiger partial charge in [-0.15, -0.1) is 0 Å². The van der Waals surface area contributed by atoms with Gasteiger partial charge in [0.1, 0.15) is 5.82 Å². The Morgan fingerprint density at radius 2 is 1.94 bits per heavy atom. The molecule has 0 atom stereocenters. The molecule has 0 spiro atoms. The van der Waals surface area contributed by atoms with E-state index in [4.69, 9.17) is 9.97 Å². The van der Waals surface area contributed by atoms with Gasteiger partial charge < -0.3 is 15.1 Å². The Morgan fingerprint density at radius 3 is 2.65 bits per heavy atom. The number of nitrogens with one attached hydrogen (secondary N) is 1. The van der Waals surface area contributed by atoms with Crippen LogP contribution >= 0.6 is 11.8 Å². The summed E-state index contributed by atoms with van der Waals surface area (Å²) in [6.07, 6.45) is 3.38. The zero-order valence-electron chi connectivity index (χ0n) is 18.6. The molecule has 31 heavy (non-hydrogen) atoms. The van der Waals surface area contributed by atoms with Gasteiger partial charge in [-0.1, -0.05) is 37.7 Å². The number of thioether (sulfide) groups is 1. The van der Waals surface area contributed by atoms with Crippen molar-refractivity contribution < 1.29 is 4.79 Å². The molecule has 0 radical (unpaired) electrons. The highest BCUT2D eigenvalue weighted by Gasteiger charge is 2.22. The molecule has 1 aromatic heterocycles. The molecule has 2 heterocycles. The van der Waals surface area contributed by atoms with Crippen LogP contribution in [0.4, 0.5) is 5.82 Å². The smallest absolute Gasteiger partial charge is 0.251 e. The number of hydrogen-bond acceptors (Lipinski definition) is 6. The van der Waals surface area contributed by atoms with E-state index in [0.717, 1.165) is 79.2 Å². The molecule has 1 N–H and O–H groups in total. The fraction of sp³-hybridized carbons (Fsp3) is 0.542. The average molecular weight is 440 g/mol. The lowest BCUT2D eigenvalue weighted by Crippen LogP contribution is -2.46. The summed E-state index contributed by atoms with van der Waals surface area (Å²) in [4.78, 5) is 26.9. The molecule has 1 saturated carbocycles. The van der Waals surface area contributed by atoms with Gasteiger partial charge in [0.2, 0.25) is 0 Å². The third kappa shape index (κ3) is 6.20. The molecule has 1 aromatic carbocycles. The monoisotopic (exact) mass is 439 g/mol. The highest BCUT2D eigenvalue weighted by atomic mass is 32.2. The Hall–Kier alpha value is -2.12. The van der Waals surface area contributed by atoms with Crippen molar-refractivity contribution >= 4 is 23.5 Å². The molecule has 6 nitrogen and oxygen atoms in total. The summed E-state index contributed by atoms with van der Waals surface area (Å²) < 4.78 is 0. The Morgan fingerprint density at radius 1 is 1.13 bits per heavy atom. The SMILES string of the molecule is CCc1cc(N2CCN(CC)CC2)nc(SCc2cccc(C(=O)NCC3CC3)c2)n1. The van der Waals surface area contributed by atoms with E-state index in [0.29, 0.717) is 5.92 Å². The van der Waals surface area contributed by atoms with Crippen LogP contribution in [0.1, 0.15) is 48.3 Å². The van der Waals surface area contributed by atoms with Crippen molar-refractivity contribution in [3.63, 3.8) is 0 Å². The Bertz CT molecular complexity index is 893. The lowest BCUT2D eigenvalue weighted by Gasteiger charge is -2.34. The first-order chi connectivity index (χ1) is 15.1. The lowest BCUT2D eigenvalue weighted by molar-refractivity contribution is 0.0951. The van der Waals surface area contributed by atoms with E-state index in [1.54, 1.807) is 11.8 Å². The Kier molecular flexibility index (Phi) is 7.45. The van der Waals surface area contributed by atoms with Crippen LogP contribution in [0.15, 0.2) is 35.5 Å². The van der Waals surface area contributed by atoms with Gasteiger partial charge in [-0.2, -0.15) is 0 Å². The van der Waals surface area contributed by atoms with Crippen molar-refractivity contribution in [3.05, 3.63) is 47.2 Å². The van der Waals surface area contributed by atoms with E-state index in [-0.39, 0.29) is 5.91 Å². The number of carbonyl (C=O) groups excluding carboxylic acids is 1. The van der Waals surface area contributed by atoms with E-state index < -0.39 is 0 Å². The molecular formula is C24H33N5OS. The summed E-state index contributed by atoms with van der Waals surface area (Å²) in [5.74, 6) is 2.50. The maximum atomic E-state index is 12.4. The van der Waals surface area contributed by atoms with Gasteiger partial charge in [0, 0.05) is 55.8 Å². The summed E-state index contributed by atoms with van der Waals surface area (Å²) in [6, 6.07) is 10.0. The third-order valence-electron chi connectivity index (χ3n) is 6.06. The van der Waals surface area contributed by atoms with Crippen LogP contribution in [-0.2, 0) is 12.2 Å². The molecule has 0 bridgehead atoms. The van der Waals surface area contributed by atoms with Crippen LogP contribution in [0, 0.1) is 5.92 Å². The normalized spacial score (nSPS) is 17.0. The van der Waals surface area contributed by atoms with Gasteiger partial charge in [-0.3, -0.25) is 4.79 Å². The second-order valence-electron chi connectivity index (χ2n) is 8.42. The van der Waals surface area contributed by atoms with E-state index in [9.17, 15) is 4.79 Å². The zero-order valence-corrected chi connectivity index (χ0v) is 19.5. The topological polar surface area (TPSA) is 61.4 Å². The van der Waals surface area contributed by atoms with Gasteiger partial charge in [0.05, 0.1) is 0 Å². The molecule has 2 fully saturated rings. The van der Waals surface area contributed by atoms with E-state index in [1.165, 1.54) is 12.8 Å². The number of likely N-dealkylation sites (N-methyl/N-ethyl adjacent to an activating group) is 1. The number of aryl methyl sites for hydroxylation is 1. The van der Waals surface area contributed by atoms with Gasteiger partial charge in [-0.05, 0) is 49.4 Å². The number of piperazine rings is 1. The van der Waals surface area contributed by atoms with Crippen LogP contribution < -0.4 is 10.2 Å². The second-order valence-corrected chi connectivity index (χ2v) is 9.36. The number of benzene rings is 1. The fourth-order valence-corrected chi connectivity index (χ4v) is 4.59. The predicted octanol–water partition coefficient (Wildman–Crippen LogP) is 3.61. The lowest BCUT2D eigenvalue weighted by atomic mass is 10.1. The van der Waals surface area contributed by atoms with E-state index in [2.05, 4.69) is 41.1 Å². The molecule has 1 amide bonds. The van der Waals surface area contributed by atoms with Gasteiger partial charge in [0.25, 0.3) is 5.91 Å². The first kappa shape index (κ1) is 22.1. The van der Waals surface area contributed by atoms with Gasteiger partial charge in [0.15, 0.2) is 5.16 Å². The van der Waals surface area contributed by atoms with Crippen molar-refractivity contribution in [2.75, 3.05) is 44.2 Å². The highest BCUT2D eigenvalue weighted by Crippen LogP contribution is 2.28. The van der Waals surface area contributed by atoms with Crippen molar-refractivity contribution in [2.45, 2.75) is 44.0 Å². The first-order valence-electron chi connectivity index (χ1n) is 11.5. The number of rotatable bonds is 9. The summed E-state index contributed by atoms with van der Waals surface area (Å²) in [5, 5.41) is 3.86. The minimum atomic E-state index is 0.0245. The molecular weight excluding hydrogens is 406 g/mol. The molecule has 0 unspecified atom stereocenters. The van der Waals surface area contributed by atoms with Crippen LogP contribution in [0.3, 0.4) is 0 Å². The molecule has 1 saturated heterocycles. The number of nitrogens with zero attached hydrogens (tertiary/aromatic N) is 4. The van der Waals surface area contributed by atoms with Crippen molar-refractivity contribution in [1.82, 2.24) is 20.2 Å². The highest BCUT2D eigenvalue weighted by molar-refractivity contribution is 7.98. The molecule has 1 aliphatic heterocycles. The van der Waals surface area contributed by atoms with E-state index in [1.807, 2.05) is 18.2 Å². The second kappa shape index (κ2) is 10.5. The minimum Gasteiger partial charge on any atom is -0.354 e. The summed E-state index contributed by atoms with van der Waals surface area (Å²) >= 11 is 1.64. The summed E-state index contributed by atoms with van der Waals surface area (Å²) in [7, 11) is 0. The average Bonchev–Trinajstić information content (AvgIpc) is 3.66. The predicted molar refractivity (Wildman–Crippen MR) is 127 cm³/mol. The summed E-state index contributed by atoms with van der Waals surface area (Å²) in [5.41, 5.74) is 2.93. The summed E-state index contributed by atoms with van der Waals surface area (Å²) in [6.45, 7) is 10.4. The Labute approximate surface area is 189 Å². The molecule has 166 valence electrons. The number of carbonyl (C=O) groups is 1. The van der Waals surface area contributed by atoms with Crippen molar-refractivity contribution in [2.24, 2.45) is 5.92 Å². The third-order valence-corrected chi connectivity index (χ3v) is 6.97. The number of amides is 1. The van der Waals surface area contributed by atoms with Crippen molar-refractivity contribution in [1.29, 1.82) is 0 Å². The number of aromatic nitrogens is 2. The molecule has 2 aromatic rings. The first-order valence-corrected chi connectivity index (χ1v) is 12.5. The maximum Gasteiger partial charge on any atom is 0.251 e. The largest absolute Gasteiger partial charge is 0.354 e. The standard InChI is InChI=1S/C24H33N5OS/c1-3-21-15-22(29-12-10-28(4-2)11-13-29)27-24(26-21)31-17-19-6-5-7-20(14-19)23(30)25-16-18-8-9-18/h5-7,14-15,18H,3-4,8-13,16-17H2,1-2H3,(H,25,30). The number of anilines is 1. The van der Waals surface area contributed by atoms with Gasteiger partial charge in [-0.25, -0.2) is 9.97 Å². The maximum absolute atomic E-state index is 12.4. The minimum absolute atomic E-state index is 0.0245.